The first-order chi connectivity index (χ1) is 15.4. The van der Waals surface area contributed by atoms with Crippen molar-refractivity contribution in [2.75, 3.05) is 25.1 Å². The molecule has 0 aliphatic carbocycles. The van der Waals surface area contributed by atoms with Crippen LogP contribution in [0, 0.1) is 5.82 Å². The number of amides is 1. The fraction of sp³-hybridized carbons (Fsp3) is 0.455. The third-order valence-electron chi connectivity index (χ3n) is 5.40. The SMILES string of the molecule is CSCCC(NS(=O)(=O)c1ccccc1F)C(=O)NC1CCN(Cc2ccccn2)CC1. The van der Waals surface area contributed by atoms with E-state index in [1.54, 1.807) is 6.20 Å². The van der Waals surface area contributed by atoms with Gasteiger partial charge in [0.25, 0.3) is 0 Å². The minimum atomic E-state index is -4.16. The first kappa shape index (κ1) is 24.6. The Kier molecular flexibility index (Phi) is 9.03. The van der Waals surface area contributed by atoms with E-state index in [-0.39, 0.29) is 11.9 Å². The summed E-state index contributed by atoms with van der Waals surface area (Å²) in [5.74, 6) is -0.619. The van der Waals surface area contributed by atoms with Crippen LogP contribution in [0.3, 0.4) is 0 Å². The summed E-state index contributed by atoms with van der Waals surface area (Å²) in [7, 11) is -4.16. The molecule has 2 N–H and O–H groups in total. The molecular weight excluding hydrogens is 451 g/mol. The smallest absolute Gasteiger partial charge is 0.244 e. The van der Waals surface area contributed by atoms with Gasteiger partial charge in [0.2, 0.25) is 15.9 Å². The highest BCUT2D eigenvalue weighted by molar-refractivity contribution is 7.98. The second kappa shape index (κ2) is 11.7. The lowest BCUT2D eigenvalue weighted by Crippen LogP contribution is -2.52. The standard InChI is InChI=1S/C22H29FN4O3S2/c1-31-15-11-20(26-32(29,30)21-8-3-2-7-19(21)23)22(28)25-17-9-13-27(14-10-17)16-18-6-4-5-12-24-18/h2-8,12,17,20,26H,9-11,13-16H2,1H3,(H,25,28). The van der Waals surface area contributed by atoms with Crippen molar-refractivity contribution in [1.82, 2.24) is 19.9 Å². The Labute approximate surface area is 193 Å². The van der Waals surface area contributed by atoms with Gasteiger partial charge in [0.1, 0.15) is 16.8 Å². The number of nitrogens with zero attached hydrogens (tertiary/aromatic N) is 2. The molecule has 1 unspecified atom stereocenters. The Morgan fingerprint density at radius 1 is 1.22 bits per heavy atom. The minimum Gasteiger partial charge on any atom is -0.352 e. The molecule has 1 atom stereocenters. The summed E-state index contributed by atoms with van der Waals surface area (Å²) in [6.45, 7) is 2.40. The monoisotopic (exact) mass is 480 g/mol. The zero-order valence-electron chi connectivity index (χ0n) is 18.0. The second-order valence-electron chi connectivity index (χ2n) is 7.77. The first-order valence-corrected chi connectivity index (χ1v) is 13.4. The average Bonchev–Trinajstić information content (AvgIpc) is 2.78. The van der Waals surface area contributed by atoms with Crippen molar-refractivity contribution in [3.8, 4) is 0 Å². The van der Waals surface area contributed by atoms with E-state index in [1.165, 1.54) is 30.0 Å². The van der Waals surface area contributed by atoms with Crippen molar-refractivity contribution in [2.24, 2.45) is 0 Å². The molecule has 1 aromatic heterocycles. The van der Waals surface area contributed by atoms with E-state index >= 15 is 0 Å². The highest BCUT2D eigenvalue weighted by Gasteiger charge is 2.29. The Hall–Kier alpha value is -2.01. The van der Waals surface area contributed by atoms with Crippen molar-refractivity contribution in [1.29, 1.82) is 0 Å². The number of hydrogen-bond donors (Lipinski definition) is 2. The van der Waals surface area contributed by atoms with E-state index in [0.717, 1.165) is 44.2 Å². The van der Waals surface area contributed by atoms with Crippen LogP contribution in [0.15, 0.2) is 53.6 Å². The van der Waals surface area contributed by atoms with Crippen LogP contribution in [0.2, 0.25) is 0 Å². The van der Waals surface area contributed by atoms with Crippen molar-refractivity contribution >= 4 is 27.7 Å². The Morgan fingerprint density at radius 2 is 1.94 bits per heavy atom. The normalized spacial score (nSPS) is 16.6. The zero-order chi connectivity index (χ0) is 23.0. The molecule has 3 rings (SSSR count). The van der Waals surface area contributed by atoms with E-state index in [1.807, 2.05) is 24.5 Å². The highest BCUT2D eigenvalue weighted by Crippen LogP contribution is 2.16. The number of pyridine rings is 1. The van der Waals surface area contributed by atoms with Gasteiger partial charge in [0, 0.05) is 31.9 Å². The summed E-state index contributed by atoms with van der Waals surface area (Å²) >= 11 is 1.52. The topological polar surface area (TPSA) is 91.4 Å². The Balaban J connectivity index is 1.57. The van der Waals surface area contributed by atoms with Crippen LogP contribution >= 0.6 is 11.8 Å². The third kappa shape index (κ3) is 6.99. The summed E-state index contributed by atoms with van der Waals surface area (Å²) in [6, 6.07) is 10.0. The van der Waals surface area contributed by atoms with Crippen LogP contribution in [0.4, 0.5) is 4.39 Å². The molecule has 1 aromatic carbocycles. The minimum absolute atomic E-state index is 0.0303. The van der Waals surface area contributed by atoms with Gasteiger partial charge in [-0.05, 0) is 55.5 Å². The maximum atomic E-state index is 14.0. The second-order valence-corrected chi connectivity index (χ2v) is 10.4. The number of likely N-dealkylation sites (tertiary alicyclic amines) is 1. The average molecular weight is 481 g/mol. The molecule has 0 spiro atoms. The molecule has 2 aromatic rings. The molecule has 0 bridgehead atoms. The predicted molar refractivity (Wildman–Crippen MR) is 124 cm³/mol. The van der Waals surface area contributed by atoms with Gasteiger partial charge in [-0.25, -0.2) is 12.8 Å². The van der Waals surface area contributed by atoms with E-state index < -0.39 is 26.8 Å². The molecule has 7 nitrogen and oxygen atoms in total. The quantitative estimate of drug-likeness (QED) is 0.543. The van der Waals surface area contributed by atoms with Gasteiger partial charge in [0.05, 0.1) is 5.69 Å². The van der Waals surface area contributed by atoms with Gasteiger partial charge in [-0.3, -0.25) is 14.7 Å². The molecule has 10 heteroatoms. The Bertz CT molecular complexity index is 984. The van der Waals surface area contributed by atoms with Gasteiger partial charge in [0.15, 0.2) is 0 Å². The van der Waals surface area contributed by atoms with Crippen molar-refractivity contribution in [2.45, 2.75) is 42.8 Å². The van der Waals surface area contributed by atoms with Crippen LogP contribution in [0.25, 0.3) is 0 Å². The number of aromatic nitrogens is 1. The first-order valence-electron chi connectivity index (χ1n) is 10.6. The zero-order valence-corrected chi connectivity index (χ0v) is 19.7. The number of nitrogens with one attached hydrogen (secondary N) is 2. The number of thioether (sulfide) groups is 1. The molecule has 32 heavy (non-hydrogen) atoms. The molecule has 0 saturated carbocycles. The van der Waals surface area contributed by atoms with E-state index in [4.69, 9.17) is 0 Å². The van der Waals surface area contributed by atoms with E-state index in [2.05, 4.69) is 19.9 Å². The van der Waals surface area contributed by atoms with Gasteiger partial charge in [-0.1, -0.05) is 18.2 Å². The number of carbonyl (C=O) groups excluding carboxylic acids is 1. The molecule has 1 aliphatic rings. The number of hydrogen-bond acceptors (Lipinski definition) is 6. The van der Waals surface area contributed by atoms with E-state index in [0.29, 0.717) is 12.2 Å². The van der Waals surface area contributed by atoms with Crippen LogP contribution in [0.5, 0.6) is 0 Å². The van der Waals surface area contributed by atoms with Gasteiger partial charge < -0.3 is 5.32 Å². The van der Waals surface area contributed by atoms with Crippen molar-refractivity contribution < 1.29 is 17.6 Å². The van der Waals surface area contributed by atoms with Crippen LogP contribution in [-0.4, -0.2) is 61.4 Å². The third-order valence-corrected chi connectivity index (χ3v) is 7.55. The lowest BCUT2D eigenvalue weighted by Gasteiger charge is -2.33. The van der Waals surface area contributed by atoms with Gasteiger partial charge in [-0.15, -0.1) is 0 Å². The molecule has 1 saturated heterocycles. The van der Waals surface area contributed by atoms with Crippen molar-refractivity contribution in [3.05, 3.63) is 60.2 Å². The van der Waals surface area contributed by atoms with Gasteiger partial charge in [-0.2, -0.15) is 16.5 Å². The number of sulfonamides is 1. The number of carbonyl (C=O) groups is 1. The lowest BCUT2D eigenvalue weighted by molar-refractivity contribution is -0.123. The van der Waals surface area contributed by atoms with Gasteiger partial charge >= 0.3 is 0 Å². The summed E-state index contributed by atoms with van der Waals surface area (Å²) in [6.07, 6.45) is 5.53. The van der Waals surface area contributed by atoms with Crippen LogP contribution in [-0.2, 0) is 21.4 Å². The predicted octanol–water partition coefficient (Wildman–Crippen LogP) is 2.40. The largest absolute Gasteiger partial charge is 0.352 e. The molecule has 174 valence electrons. The number of rotatable bonds is 10. The summed E-state index contributed by atoms with van der Waals surface area (Å²) in [5, 5.41) is 2.99. The lowest BCUT2D eigenvalue weighted by atomic mass is 10.0. The van der Waals surface area contributed by atoms with Crippen LogP contribution in [0.1, 0.15) is 25.0 Å². The fourth-order valence-electron chi connectivity index (χ4n) is 3.65. The van der Waals surface area contributed by atoms with Crippen LogP contribution < -0.4 is 10.0 Å². The molecular formula is C22H29FN4O3S2. The summed E-state index contributed by atoms with van der Waals surface area (Å²) < 4.78 is 41.8. The maximum absolute atomic E-state index is 14.0. The molecule has 1 aliphatic heterocycles. The fourth-order valence-corrected chi connectivity index (χ4v) is 5.43. The molecule has 0 radical (unpaired) electrons. The van der Waals surface area contributed by atoms with Crippen molar-refractivity contribution in [3.63, 3.8) is 0 Å². The van der Waals surface area contributed by atoms with E-state index in [9.17, 15) is 17.6 Å². The summed E-state index contributed by atoms with van der Waals surface area (Å²) in [4.78, 5) is 19.1. The Morgan fingerprint density at radius 3 is 2.59 bits per heavy atom. The number of benzene rings is 1. The maximum Gasteiger partial charge on any atom is 0.244 e. The molecule has 2 heterocycles. The number of halogens is 1. The summed E-state index contributed by atoms with van der Waals surface area (Å²) in [5.41, 5.74) is 1.01. The number of piperidine rings is 1. The highest BCUT2D eigenvalue weighted by atomic mass is 32.2. The molecule has 1 fully saturated rings. The molecule has 1 amide bonds.